The zero-order chi connectivity index (χ0) is 12.7. The molecule has 0 heterocycles. The van der Waals surface area contributed by atoms with Crippen molar-refractivity contribution in [2.45, 2.75) is 32.3 Å². The van der Waals surface area contributed by atoms with Gasteiger partial charge in [-0.2, -0.15) is 0 Å². The molecule has 3 aliphatic rings. The summed E-state index contributed by atoms with van der Waals surface area (Å²) in [5.41, 5.74) is 0. The molecule has 3 fully saturated rings. The molecular formula is C14H24N2O2. The van der Waals surface area contributed by atoms with E-state index in [9.17, 15) is 4.79 Å². The topological polar surface area (TPSA) is 61.4 Å². The van der Waals surface area contributed by atoms with E-state index < -0.39 is 0 Å². The molecule has 18 heavy (non-hydrogen) atoms. The Morgan fingerprint density at radius 3 is 2.56 bits per heavy atom. The molecule has 0 aliphatic heterocycles. The molecule has 102 valence electrons. The number of rotatable bonds is 6. The van der Waals surface area contributed by atoms with Gasteiger partial charge in [0.15, 0.2) is 0 Å². The van der Waals surface area contributed by atoms with E-state index in [1.165, 1.54) is 19.3 Å². The van der Waals surface area contributed by atoms with Gasteiger partial charge in [0.1, 0.15) is 0 Å². The molecule has 1 amide bonds. The van der Waals surface area contributed by atoms with Crippen LogP contribution in [0.4, 0.5) is 0 Å². The van der Waals surface area contributed by atoms with Crippen molar-refractivity contribution in [2.24, 2.45) is 29.6 Å². The van der Waals surface area contributed by atoms with Gasteiger partial charge in [0.25, 0.3) is 0 Å². The molecule has 4 heteroatoms. The van der Waals surface area contributed by atoms with Crippen molar-refractivity contribution in [3.05, 3.63) is 0 Å². The molecular weight excluding hydrogens is 228 g/mol. The van der Waals surface area contributed by atoms with E-state index in [-0.39, 0.29) is 12.0 Å². The summed E-state index contributed by atoms with van der Waals surface area (Å²) < 4.78 is 0. The lowest BCUT2D eigenvalue weighted by molar-refractivity contribution is -0.123. The SMILES string of the molecule is CC(O)CNCCNC(=O)C1C2C3CCC(C3)C12. The minimum atomic E-state index is -0.320. The molecule has 0 aromatic heterocycles. The molecule has 0 saturated heterocycles. The zero-order valence-corrected chi connectivity index (χ0v) is 11.1. The Labute approximate surface area is 109 Å². The van der Waals surface area contributed by atoms with Crippen molar-refractivity contribution in [1.29, 1.82) is 0 Å². The smallest absolute Gasteiger partial charge is 0.223 e. The minimum Gasteiger partial charge on any atom is -0.392 e. The number of carbonyl (C=O) groups excluding carboxylic acids is 1. The molecule has 4 nitrogen and oxygen atoms in total. The number of hydrogen-bond donors (Lipinski definition) is 3. The van der Waals surface area contributed by atoms with E-state index in [0.717, 1.165) is 30.2 Å². The van der Waals surface area contributed by atoms with Crippen molar-refractivity contribution >= 4 is 5.91 Å². The van der Waals surface area contributed by atoms with Crippen LogP contribution >= 0.6 is 0 Å². The summed E-state index contributed by atoms with van der Waals surface area (Å²) in [5, 5.41) is 15.2. The van der Waals surface area contributed by atoms with Gasteiger partial charge >= 0.3 is 0 Å². The number of fused-ring (bicyclic) bond motifs is 5. The number of hydrogen-bond acceptors (Lipinski definition) is 3. The summed E-state index contributed by atoms with van der Waals surface area (Å²) in [4.78, 5) is 12.0. The number of aliphatic hydroxyl groups excluding tert-OH is 1. The highest BCUT2D eigenvalue weighted by atomic mass is 16.3. The molecule has 0 aromatic carbocycles. The van der Waals surface area contributed by atoms with Crippen LogP contribution in [0.1, 0.15) is 26.2 Å². The van der Waals surface area contributed by atoms with Crippen molar-refractivity contribution in [1.82, 2.24) is 10.6 Å². The van der Waals surface area contributed by atoms with Gasteiger partial charge in [-0.15, -0.1) is 0 Å². The lowest BCUT2D eigenvalue weighted by Gasteiger charge is -2.10. The largest absolute Gasteiger partial charge is 0.392 e. The van der Waals surface area contributed by atoms with Gasteiger partial charge in [0.2, 0.25) is 5.91 Å². The second-order valence-corrected chi connectivity index (χ2v) is 6.36. The predicted molar refractivity (Wildman–Crippen MR) is 68.9 cm³/mol. The Hall–Kier alpha value is -0.610. The first-order valence-electron chi connectivity index (χ1n) is 7.35. The third-order valence-corrected chi connectivity index (χ3v) is 5.08. The molecule has 5 unspecified atom stereocenters. The molecule has 2 bridgehead atoms. The standard InChI is InChI=1S/C14H24N2O2/c1-8(17)7-15-4-5-16-14(18)13-11-9-2-3-10(6-9)12(11)13/h8-13,15,17H,2-7H2,1H3,(H,16,18). The molecule has 3 N–H and O–H groups in total. The van der Waals surface area contributed by atoms with Crippen LogP contribution in [0.3, 0.4) is 0 Å². The number of carbonyl (C=O) groups is 1. The Kier molecular flexibility index (Phi) is 3.32. The van der Waals surface area contributed by atoms with Crippen molar-refractivity contribution in [2.75, 3.05) is 19.6 Å². The Bertz CT molecular complexity index is 316. The van der Waals surface area contributed by atoms with E-state index in [2.05, 4.69) is 10.6 Å². The van der Waals surface area contributed by atoms with Crippen LogP contribution in [0.15, 0.2) is 0 Å². The lowest BCUT2D eigenvalue weighted by atomic mass is 10.0. The van der Waals surface area contributed by atoms with E-state index >= 15 is 0 Å². The summed E-state index contributed by atoms with van der Waals surface area (Å²) in [5.74, 6) is 3.81. The Morgan fingerprint density at radius 1 is 1.28 bits per heavy atom. The van der Waals surface area contributed by atoms with Gasteiger partial charge in [-0.1, -0.05) is 0 Å². The first-order chi connectivity index (χ1) is 8.68. The van der Waals surface area contributed by atoms with Crippen LogP contribution in [0.25, 0.3) is 0 Å². The van der Waals surface area contributed by atoms with Gasteiger partial charge < -0.3 is 15.7 Å². The molecule has 0 spiro atoms. The van der Waals surface area contributed by atoms with Crippen LogP contribution < -0.4 is 10.6 Å². The van der Waals surface area contributed by atoms with Crippen LogP contribution in [0.5, 0.6) is 0 Å². The summed E-state index contributed by atoms with van der Waals surface area (Å²) in [6, 6.07) is 0. The zero-order valence-electron chi connectivity index (χ0n) is 11.1. The molecule has 3 rings (SSSR count). The highest BCUT2D eigenvalue weighted by molar-refractivity contribution is 5.82. The summed E-state index contributed by atoms with van der Waals surface area (Å²) in [6.45, 7) is 3.77. The predicted octanol–water partition coefficient (Wildman–Crippen LogP) is 0.365. The Morgan fingerprint density at radius 2 is 1.94 bits per heavy atom. The van der Waals surface area contributed by atoms with E-state index in [0.29, 0.717) is 19.0 Å². The maximum Gasteiger partial charge on any atom is 0.223 e. The minimum absolute atomic E-state index is 0.278. The van der Waals surface area contributed by atoms with Crippen LogP contribution in [0.2, 0.25) is 0 Å². The fourth-order valence-corrected chi connectivity index (χ4v) is 4.38. The van der Waals surface area contributed by atoms with Gasteiger partial charge in [-0.05, 0) is 49.9 Å². The van der Waals surface area contributed by atoms with Gasteiger partial charge in [-0.3, -0.25) is 4.79 Å². The highest BCUT2D eigenvalue weighted by Gasteiger charge is 2.67. The van der Waals surface area contributed by atoms with Crippen molar-refractivity contribution < 1.29 is 9.90 Å². The summed E-state index contributed by atoms with van der Waals surface area (Å²) in [7, 11) is 0. The van der Waals surface area contributed by atoms with Crippen LogP contribution in [-0.2, 0) is 4.79 Å². The monoisotopic (exact) mass is 252 g/mol. The molecule has 3 saturated carbocycles. The van der Waals surface area contributed by atoms with Crippen molar-refractivity contribution in [3.63, 3.8) is 0 Å². The van der Waals surface area contributed by atoms with Crippen LogP contribution in [-0.4, -0.2) is 36.8 Å². The average molecular weight is 252 g/mol. The number of nitrogens with one attached hydrogen (secondary N) is 2. The first kappa shape index (κ1) is 12.4. The second-order valence-electron chi connectivity index (χ2n) is 6.36. The van der Waals surface area contributed by atoms with Crippen LogP contribution in [0, 0.1) is 29.6 Å². The van der Waals surface area contributed by atoms with Gasteiger partial charge in [0, 0.05) is 25.6 Å². The Balaban J connectivity index is 1.34. The normalized spacial score (nSPS) is 41.6. The van der Waals surface area contributed by atoms with Gasteiger partial charge in [-0.25, -0.2) is 0 Å². The number of amides is 1. The average Bonchev–Trinajstić information content (AvgIpc) is 2.77. The third-order valence-electron chi connectivity index (χ3n) is 5.08. The fourth-order valence-electron chi connectivity index (χ4n) is 4.38. The number of aliphatic hydroxyl groups is 1. The second kappa shape index (κ2) is 4.82. The summed E-state index contributed by atoms with van der Waals surface area (Å²) >= 11 is 0. The maximum absolute atomic E-state index is 12.0. The molecule has 5 atom stereocenters. The third kappa shape index (κ3) is 2.16. The maximum atomic E-state index is 12.0. The first-order valence-corrected chi connectivity index (χ1v) is 7.35. The molecule has 0 aromatic rings. The lowest BCUT2D eigenvalue weighted by Crippen LogP contribution is -2.36. The van der Waals surface area contributed by atoms with E-state index in [4.69, 9.17) is 5.11 Å². The molecule has 0 radical (unpaired) electrons. The van der Waals surface area contributed by atoms with E-state index in [1.807, 2.05) is 0 Å². The summed E-state index contributed by atoms with van der Waals surface area (Å²) in [6.07, 6.45) is 3.81. The van der Waals surface area contributed by atoms with Gasteiger partial charge in [0.05, 0.1) is 6.10 Å². The van der Waals surface area contributed by atoms with E-state index in [1.54, 1.807) is 6.92 Å². The van der Waals surface area contributed by atoms with Crippen molar-refractivity contribution in [3.8, 4) is 0 Å². The fraction of sp³-hybridized carbons (Fsp3) is 0.929. The molecule has 3 aliphatic carbocycles. The highest BCUT2D eigenvalue weighted by Crippen LogP contribution is 2.69. The quantitative estimate of drug-likeness (QED) is 0.598.